The first-order valence-corrected chi connectivity index (χ1v) is 5.91. The third-order valence-electron chi connectivity index (χ3n) is 2.82. The minimum atomic E-state index is 0.992. The molecule has 1 aliphatic carbocycles. The SMILES string of the molecule is [CH2-][NH+](CC1=CCCC=C1)Cc1ccccc1. The van der Waals surface area contributed by atoms with Gasteiger partial charge in [-0.2, -0.15) is 7.05 Å². The maximum Gasteiger partial charge on any atom is 0.0790 e. The van der Waals surface area contributed by atoms with Gasteiger partial charge in [0.25, 0.3) is 0 Å². The average Bonchev–Trinajstić information content (AvgIpc) is 2.31. The van der Waals surface area contributed by atoms with Crippen molar-refractivity contribution in [2.75, 3.05) is 6.54 Å². The van der Waals surface area contributed by atoms with Gasteiger partial charge in [-0.3, -0.25) is 0 Å². The Bertz CT molecular complexity index is 376. The molecule has 0 bridgehead atoms. The van der Waals surface area contributed by atoms with Crippen molar-refractivity contribution in [2.24, 2.45) is 0 Å². The number of hydrogen-bond acceptors (Lipinski definition) is 0. The molecule has 0 amide bonds. The van der Waals surface area contributed by atoms with E-state index in [0.717, 1.165) is 13.1 Å². The number of allylic oxidation sites excluding steroid dienone is 2. The molecule has 1 aliphatic rings. The smallest absolute Gasteiger partial charge is 0.0790 e. The van der Waals surface area contributed by atoms with Gasteiger partial charge in [-0.1, -0.05) is 48.6 Å². The molecule has 0 fully saturated rings. The van der Waals surface area contributed by atoms with E-state index in [1.165, 1.54) is 28.9 Å². The van der Waals surface area contributed by atoms with Crippen molar-refractivity contribution in [3.63, 3.8) is 0 Å². The second-order valence-electron chi connectivity index (χ2n) is 4.35. The molecule has 0 aromatic heterocycles. The highest BCUT2D eigenvalue weighted by Crippen LogP contribution is 2.07. The Morgan fingerprint density at radius 1 is 1.06 bits per heavy atom. The second-order valence-corrected chi connectivity index (χ2v) is 4.35. The Morgan fingerprint density at radius 3 is 2.56 bits per heavy atom. The standard InChI is InChI=1S/C15H19N/c1-16(12-14-8-4-2-5-9-14)13-15-10-6-3-7-11-15/h2,4-6,8-11,16H,1,3,7,12-13H2. The molecular formula is C15H19N. The Morgan fingerprint density at radius 2 is 1.88 bits per heavy atom. The van der Waals surface area contributed by atoms with E-state index in [9.17, 15) is 0 Å². The van der Waals surface area contributed by atoms with Crippen LogP contribution < -0.4 is 4.90 Å². The van der Waals surface area contributed by atoms with E-state index >= 15 is 0 Å². The van der Waals surface area contributed by atoms with Gasteiger partial charge in [0.15, 0.2) is 0 Å². The third kappa shape index (κ3) is 3.35. The quantitative estimate of drug-likeness (QED) is 0.731. The molecule has 1 nitrogen and oxygen atoms in total. The zero-order valence-corrected chi connectivity index (χ0v) is 9.65. The zero-order chi connectivity index (χ0) is 11.2. The summed E-state index contributed by atoms with van der Waals surface area (Å²) in [6, 6.07) is 10.6. The van der Waals surface area contributed by atoms with Crippen LogP contribution in [0.1, 0.15) is 18.4 Å². The van der Waals surface area contributed by atoms with Crippen LogP contribution in [0.25, 0.3) is 0 Å². The fourth-order valence-corrected chi connectivity index (χ4v) is 2.03. The number of benzene rings is 1. The molecule has 2 rings (SSSR count). The van der Waals surface area contributed by atoms with E-state index < -0.39 is 0 Å². The van der Waals surface area contributed by atoms with Gasteiger partial charge in [0, 0.05) is 5.56 Å². The monoisotopic (exact) mass is 213 g/mol. The van der Waals surface area contributed by atoms with Crippen LogP contribution in [0.15, 0.2) is 54.1 Å². The van der Waals surface area contributed by atoms with Gasteiger partial charge < -0.3 is 4.90 Å². The van der Waals surface area contributed by atoms with Gasteiger partial charge in [0.05, 0.1) is 13.1 Å². The summed E-state index contributed by atoms with van der Waals surface area (Å²) in [5.41, 5.74) is 2.78. The van der Waals surface area contributed by atoms with Crippen LogP contribution in [0.4, 0.5) is 0 Å². The average molecular weight is 213 g/mol. The van der Waals surface area contributed by atoms with Crippen molar-refractivity contribution in [3.05, 3.63) is 66.7 Å². The summed E-state index contributed by atoms with van der Waals surface area (Å²) in [4.78, 5) is 1.30. The first kappa shape index (κ1) is 11.2. The van der Waals surface area contributed by atoms with Crippen molar-refractivity contribution >= 4 is 0 Å². The van der Waals surface area contributed by atoms with Gasteiger partial charge in [0.2, 0.25) is 0 Å². The molecule has 1 heteroatoms. The van der Waals surface area contributed by atoms with Gasteiger partial charge in [-0.15, -0.1) is 0 Å². The first-order chi connectivity index (χ1) is 7.84. The minimum Gasteiger partial charge on any atom is -0.460 e. The van der Waals surface area contributed by atoms with Crippen LogP contribution in [0.5, 0.6) is 0 Å². The second kappa shape index (κ2) is 5.66. The number of rotatable bonds is 4. The molecule has 1 atom stereocenters. The van der Waals surface area contributed by atoms with Crippen molar-refractivity contribution in [3.8, 4) is 0 Å². The molecule has 0 aliphatic heterocycles. The number of quaternary nitrogens is 1. The van der Waals surface area contributed by atoms with Crippen molar-refractivity contribution < 1.29 is 4.90 Å². The Kier molecular flexibility index (Phi) is 3.95. The van der Waals surface area contributed by atoms with Crippen LogP contribution in [0.3, 0.4) is 0 Å². The Balaban J connectivity index is 1.87. The normalized spacial score (nSPS) is 16.9. The molecule has 0 radical (unpaired) electrons. The predicted molar refractivity (Wildman–Crippen MR) is 67.8 cm³/mol. The van der Waals surface area contributed by atoms with Crippen LogP contribution in [0, 0.1) is 7.05 Å². The molecule has 16 heavy (non-hydrogen) atoms. The molecule has 0 heterocycles. The lowest BCUT2D eigenvalue weighted by Crippen LogP contribution is -3.05. The molecule has 0 saturated carbocycles. The van der Waals surface area contributed by atoms with E-state index in [4.69, 9.17) is 0 Å². The summed E-state index contributed by atoms with van der Waals surface area (Å²) < 4.78 is 0. The fourth-order valence-electron chi connectivity index (χ4n) is 2.03. The zero-order valence-electron chi connectivity index (χ0n) is 9.65. The highest BCUT2D eigenvalue weighted by Gasteiger charge is 2.03. The van der Waals surface area contributed by atoms with Crippen molar-refractivity contribution in [1.82, 2.24) is 0 Å². The molecule has 0 saturated heterocycles. The summed E-state index contributed by atoms with van der Waals surface area (Å²) in [6.07, 6.45) is 9.19. The predicted octanol–water partition coefficient (Wildman–Crippen LogP) is 2.14. The molecular weight excluding hydrogens is 194 g/mol. The maximum absolute atomic E-state index is 4.17. The topological polar surface area (TPSA) is 4.44 Å². The van der Waals surface area contributed by atoms with E-state index in [1.807, 2.05) is 0 Å². The summed E-state index contributed by atoms with van der Waals surface area (Å²) in [5, 5.41) is 0. The lowest BCUT2D eigenvalue weighted by molar-refractivity contribution is -0.862. The molecule has 84 valence electrons. The van der Waals surface area contributed by atoms with Crippen LogP contribution >= 0.6 is 0 Å². The Labute approximate surface area is 98.1 Å². The fraction of sp³-hybridized carbons (Fsp3) is 0.267. The van der Waals surface area contributed by atoms with Crippen molar-refractivity contribution in [1.29, 1.82) is 0 Å². The summed E-state index contributed by atoms with van der Waals surface area (Å²) in [6.45, 7) is 2.01. The summed E-state index contributed by atoms with van der Waals surface area (Å²) in [5.74, 6) is 0. The van der Waals surface area contributed by atoms with E-state index in [1.54, 1.807) is 0 Å². The van der Waals surface area contributed by atoms with Gasteiger partial charge >= 0.3 is 0 Å². The molecule has 1 N–H and O–H groups in total. The highest BCUT2D eigenvalue weighted by molar-refractivity contribution is 5.22. The lowest BCUT2D eigenvalue weighted by Gasteiger charge is -2.22. The van der Waals surface area contributed by atoms with E-state index in [-0.39, 0.29) is 0 Å². The third-order valence-corrected chi connectivity index (χ3v) is 2.82. The molecule has 1 unspecified atom stereocenters. The highest BCUT2D eigenvalue weighted by atomic mass is 15.1. The number of hydrogen-bond donors (Lipinski definition) is 1. The van der Waals surface area contributed by atoms with Crippen LogP contribution in [-0.2, 0) is 6.54 Å². The van der Waals surface area contributed by atoms with Gasteiger partial charge in [0.1, 0.15) is 0 Å². The van der Waals surface area contributed by atoms with Gasteiger partial charge in [-0.05, 0) is 18.4 Å². The van der Waals surface area contributed by atoms with Crippen LogP contribution in [-0.4, -0.2) is 6.54 Å². The van der Waals surface area contributed by atoms with E-state index in [2.05, 4.69) is 55.6 Å². The summed E-state index contributed by atoms with van der Waals surface area (Å²) >= 11 is 0. The molecule has 1 aromatic carbocycles. The molecule has 1 aromatic rings. The Hall–Kier alpha value is -1.34. The van der Waals surface area contributed by atoms with Crippen LogP contribution in [0.2, 0.25) is 0 Å². The van der Waals surface area contributed by atoms with Crippen molar-refractivity contribution in [2.45, 2.75) is 19.4 Å². The first-order valence-electron chi connectivity index (χ1n) is 5.91. The van der Waals surface area contributed by atoms with E-state index in [0.29, 0.717) is 0 Å². The minimum absolute atomic E-state index is 0.992. The number of nitrogens with one attached hydrogen (secondary N) is 1. The molecule has 0 spiro atoms. The summed E-state index contributed by atoms with van der Waals surface area (Å²) in [7, 11) is 4.17. The maximum atomic E-state index is 4.17. The largest absolute Gasteiger partial charge is 0.460 e. The lowest BCUT2D eigenvalue weighted by atomic mass is 10.1. The van der Waals surface area contributed by atoms with Gasteiger partial charge in [-0.25, -0.2) is 0 Å².